The van der Waals surface area contributed by atoms with Crippen molar-refractivity contribution in [3.63, 3.8) is 0 Å². The summed E-state index contributed by atoms with van der Waals surface area (Å²) in [5.74, 6) is 0.270. The number of anilines is 1. The first-order chi connectivity index (χ1) is 10.0. The van der Waals surface area contributed by atoms with E-state index in [-0.39, 0.29) is 11.9 Å². The van der Waals surface area contributed by atoms with Crippen LogP contribution in [0.4, 0.5) is 5.69 Å². The van der Waals surface area contributed by atoms with Gasteiger partial charge in [-0.1, -0.05) is 26.8 Å². The van der Waals surface area contributed by atoms with Crippen molar-refractivity contribution in [2.75, 3.05) is 5.73 Å². The summed E-state index contributed by atoms with van der Waals surface area (Å²) in [4.78, 5) is 13.8. The molecule has 3 N–H and O–H groups in total. The minimum absolute atomic E-state index is 0.0312. The standard InChI is InChI=1S/C16H23N3OS/c1-4-7-19-10-12(17)9-13(19)16(20)18-15(11(2)3)14-6-5-8-21-14/h5-6,8-11,15H,4,7,17H2,1-3H3,(H,18,20). The molecular formula is C16H23N3OS. The Labute approximate surface area is 130 Å². The third-order valence-electron chi connectivity index (χ3n) is 3.42. The molecule has 4 nitrogen and oxygen atoms in total. The van der Waals surface area contributed by atoms with E-state index in [2.05, 4.69) is 32.2 Å². The zero-order valence-corrected chi connectivity index (χ0v) is 13.6. The molecule has 2 aromatic rings. The number of aromatic nitrogens is 1. The molecule has 0 spiro atoms. The Balaban J connectivity index is 2.20. The van der Waals surface area contributed by atoms with Gasteiger partial charge in [0.2, 0.25) is 0 Å². The fourth-order valence-corrected chi connectivity index (χ4v) is 3.35. The summed E-state index contributed by atoms with van der Waals surface area (Å²) in [6.07, 6.45) is 2.79. The fraction of sp³-hybridized carbons (Fsp3) is 0.438. The molecule has 0 radical (unpaired) electrons. The Hall–Kier alpha value is -1.75. The van der Waals surface area contributed by atoms with Gasteiger partial charge in [-0.2, -0.15) is 0 Å². The smallest absolute Gasteiger partial charge is 0.268 e. The molecule has 0 aliphatic heterocycles. The third kappa shape index (κ3) is 3.67. The first kappa shape index (κ1) is 15.6. The number of nitrogens with zero attached hydrogens (tertiary/aromatic N) is 1. The molecule has 0 saturated carbocycles. The lowest BCUT2D eigenvalue weighted by Gasteiger charge is -2.21. The number of aryl methyl sites for hydroxylation is 1. The number of nitrogens with two attached hydrogens (primary N) is 1. The molecule has 1 amide bonds. The van der Waals surface area contributed by atoms with Crippen molar-refractivity contribution in [1.29, 1.82) is 0 Å². The van der Waals surface area contributed by atoms with Gasteiger partial charge in [-0.05, 0) is 29.9 Å². The topological polar surface area (TPSA) is 60.0 Å². The van der Waals surface area contributed by atoms with Crippen LogP contribution in [0.3, 0.4) is 0 Å². The van der Waals surface area contributed by atoms with Crippen LogP contribution in [0.2, 0.25) is 0 Å². The minimum atomic E-state index is -0.0627. The average molecular weight is 305 g/mol. The molecule has 0 fully saturated rings. The fourth-order valence-electron chi connectivity index (χ4n) is 2.40. The van der Waals surface area contributed by atoms with Crippen molar-refractivity contribution in [1.82, 2.24) is 9.88 Å². The van der Waals surface area contributed by atoms with E-state index >= 15 is 0 Å². The predicted molar refractivity (Wildman–Crippen MR) is 88.5 cm³/mol. The maximum atomic E-state index is 12.6. The quantitative estimate of drug-likeness (QED) is 0.855. The zero-order valence-electron chi connectivity index (χ0n) is 12.8. The Bertz CT molecular complexity index is 587. The van der Waals surface area contributed by atoms with Gasteiger partial charge in [-0.15, -0.1) is 11.3 Å². The van der Waals surface area contributed by atoms with Crippen LogP contribution in [0.15, 0.2) is 29.8 Å². The van der Waals surface area contributed by atoms with Crippen LogP contribution in [0, 0.1) is 5.92 Å². The zero-order chi connectivity index (χ0) is 15.4. The van der Waals surface area contributed by atoms with E-state index in [0.29, 0.717) is 17.3 Å². The molecule has 2 aromatic heterocycles. The lowest BCUT2D eigenvalue weighted by Crippen LogP contribution is -2.32. The van der Waals surface area contributed by atoms with Crippen molar-refractivity contribution in [3.05, 3.63) is 40.3 Å². The molecule has 0 aliphatic rings. The molecule has 0 aliphatic carbocycles. The molecule has 1 atom stereocenters. The summed E-state index contributed by atoms with van der Waals surface area (Å²) in [5, 5.41) is 5.18. The molecule has 5 heteroatoms. The van der Waals surface area contributed by atoms with Gasteiger partial charge in [-0.25, -0.2) is 0 Å². The molecule has 1 unspecified atom stereocenters. The molecule has 2 rings (SSSR count). The summed E-state index contributed by atoms with van der Waals surface area (Å²) in [6, 6.07) is 5.86. The van der Waals surface area contributed by atoms with E-state index < -0.39 is 0 Å². The third-order valence-corrected chi connectivity index (χ3v) is 4.37. The number of nitrogens with one attached hydrogen (secondary N) is 1. The van der Waals surface area contributed by atoms with E-state index in [1.807, 2.05) is 22.2 Å². The highest BCUT2D eigenvalue weighted by Crippen LogP contribution is 2.26. The molecule has 0 saturated heterocycles. The van der Waals surface area contributed by atoms with Gasteiger partial charge >= 0.3 is 0 Å². The van der Waals surface area contributed by atoms with Crippen molar-refractivity contribution in [3.8, 4) is 0 Å². The van der Waals surface area contributed by atoms with Gasteiger partial charge in [-0.3, -0.25) is 4.79 Å². The Morgan fingerprint density at radius 1 is 1.48 bits per heavy atom. The first-order valence-corrected chi connectivity index (χ1v) is 8.20. The van der Waals surface area contributed by atoms with E-state index in [0.717, 1.165) is 13.0 Å². The minimum Gasteiger partial charge on any atom is -0.397 e. The number of rotatable bonds is 6. The second kappa shape index (κ2) is 6.80. The molecule has 21 heavy (non-hydrogen) atoms. The van der Waals surface area contributed by atoms with Crippen molar-refractivity contribution >= 4 is 22.9 Å². The van der Waals surface area contributed by atoms with Crippen LogP contribution in [0.1, 0.15) is 48.6 Å². The molecule has 2 heterocycles. The predicted octanol–water partition coefficient (Wildman–Crippen LogP) is 3.67. The van der Waals surface area contributed by atoms with Crippen molar-refractivity contribution in [2.24, 2.45) is 5.92 Å². The number of hydrogen-bond acceptors (Lipinski definition) is 3. The largest absolute Gasteiger partial charge is 0.397 e. The van der Waals surface area contributed by atoms with Crippen LogP contribution in [0.25, 0.3) is 0 Å². The second-order valence-corrected chi connectivity index (χ2v) is 6.54. The summed E-state index contributed by atoms with van der Waals surface area (Å²) in [7, 11) is 0. The summed E-state index contributed by atoms with van der Waals surface area (Å²) >= 11 is 1.67. The number of amides is 1. The SMILES string of the molecule is CCCn1cc(N)cc1C(=O)NC(c1cccs1)C(C)C. The number of thiophene rings is 1. The van der Waals surface area contributed by atoms with E-state index in [1.54, 1.807) is 17.4 Å². The van der Waals surface area contributed by atoms with E-state index in [9.17, 15) is 4.79 Å². The Kier molecular flexibility index (Phi) is 5.07. The number of hydrogen-bond donors (Lipinski definition) is 2. The van der Waals surface area contributed by atoms with Gasteiger partial charge in [0.15, 0.2) is 0 Å². The summed E-state index contributed by atoms with van der Waals surface area (Å²) in [6.45, 7) is 7.11. The average Bonchev–Trinajstić information content (AvgIpc) is 3.05. The number of nitrogen functional groups attached to an aromatic ring is 1. The number of carbonyl (C=O) groups excluding carboxylic acids is 1. The Morgan fingerprint density at radius 2 is 2.24 bits per heavy atom. The van der Waals surface area contributed by atoms with Crippen LogP contribution in [-0.2, 0) is 6.54 Å². The summed E-state index contributed by atoms with van der Waals surface area (Å²) < 4.78 is 1.93. The van der Waals surface area contributed by atoms with Crippen LogP contribution < -0.4 is 11.1 Å². The highest BCUT2D eigenvalue weighted by molar-refractivity contribution is 7.10. The van der Waals surface area contributed by atoms with E-state index in [4.69, 9.17) is 5.73 Å². The van der Waals surface area contributed by atoms with Crippen LogP contribution in [-0.4, -0.2) is 10.5 Å². The molecule has 114 valence electrons. The lowest BCUT2D eigenvalue weighted by atomic mass is 10.0. The molecule has 0 aromatic carbocycles. The maximum Gasteiger partial charge on any atom is 0.268 e. The summed E-state index contributed by atoms with van der Waals surface area (Å²) in [5.41, 5.74) is 7.10. The molecular weight excluding hydrogens is 282 g/mol. The van der Waals surface area contributed by atoms with Gasteiger partial charge in [0.1, 0.15) is 5.69 Å². The van der Waals surface area contributed by atoms with Gasteiger partial charge in [0.05, 0.1) is 11.7 Å². The highest BCUT2D eigenvalue weighted by Gasteiger charge is 2.21. The monoisotopic (exact) mass is 305 g/mol. The van der Waals surface area contributed by atoms with Crippen LogP contribution >= 0.6 is 11.3 Å². The van der Waals surface area contributed by atoms with Gasteiger partial charge < -0.3 is 15.6 Å². The second-order valence-electron chi connectivity index (χ2n) is 5.56. The van der Waals surface area contributed by atoms with Crippen molar-refractivity contribution < 1.29 is 4.79 Å². The lowest BCUT2D eigenvalue weighted by molar-refractivity contribution is 0.0917. The van der Waals surface area contributed by atoms with Gasteiger partial charge in [0, 0.05) is 17.6 Å². The maximum absolute atomic E-state index is 12.6. The highest BCUT2D eigenvalue weighted by atomic mass is 32.1. The normalized spacial score (nSPS) is 12.6. The molecule has 0 bridgehead atoms. The van der Waals surface area contributed by atoms with E-state index in [1.165, 1.54) is 4.88 Å². The van der Waals surface area contributed by atoms with Crippen molar-refractivity contribution in [2.45, 2.75) is 39.8 Å². The first-order valence-electron chi connectivity index (χ1n) is 7.32. The van der Waals surface area contributed by atoms with Crippen LogP contribution in [0.5, 0.6) is 0 Å². The number of carbonyl (C=O) groups is 1. The Morgan fingerprint density at radius 3 is 2.81 bits per heavy atom. The van der Waals surface area contributed by atoms with Gasteiger partial charge in [0.25, 0.3) is 5.91 Å².